The number of fused-ring (bicyclic) bond motifs is 7. The molecule has 73 heavy (non-hydrogen) atoms. The molecule has 8 aromatic carbocycles. The van der Waals surface area contributed by atoms with Crippen LogP contribution in [0.4, 0.5) is 51.2 Å². The summed E-state index contributed by atoms with van der Waals surface area (Å²) in [5, 5.41) is 2.20. The number of hydrogen-bond donors (Lipinski definition) is 0. The lowest BCUT2D eigenvalue weighted by atomic mass is 9.33. The van der Waals surface area contributed by atoms with E-state index in [0.29, 0.717) is 0 Å². The number of furan rings is 1. The molecule has 11 rings (SSSR count). The summed E-state index contributed by atoms with van der Waals surface area (Å²) < 4.78 is 7.01. The van der Waals surface area contributed by atoms with Crippen molar-refractivity contribution in [2.45, 2.75) is 131 Å². The van der Waals surface area contributed by atoms with Crippen LogP contribution in [0.25, 0.3) is 21.9 Å². The average Bonchev–Trinajstić information content (AvgIpc) is 3.72. The molecule has 3 heterocycles. The number of rotatable bonds is 5. The Morgan fingerprint density at radius 2 is 0.822 bits per heavy atom. The van der Waals surface area contributed by atoms with E-state index in [2.05, 4.69) is 282 Å². The van der Waals surface area contributed by atoms with Gasteiger partial charge in [-0.15, -0.1) is 0 Å². The molecule has 0 unspecified atom stereocenters. The highest BCUT2D eigenvalue weighted by Crippen LogP contribution is 2.54. The van der Waals surface area contributed by atoms with Crippen LogP contribution < -0.4 is 31.1 Å². The van der Waals surface area contributed by atoms with Crippen molar-refractivity contribution in [1.82, 2.24) is 0 Å². The Bertz CT molecular complexity index is 3470. The molecular formula is C68H72BN3O. The molecule has 368 valence electrons. The molecule has 4 nitrogen and oxygen atoms in total. The number of hydrogen-bond acceptors (Lipinski definition) is 4. The first kappa shape index (κ1) is 48.3. The Morgan fingerprint density at radius 1 is 0.384 bits per heavy atom. The highest BCUT2D eigenvalue weighted by Gasteiger charge is 2.48. The Balaban J connectivity index is 1.36. The van der Waals surface area contributed by atoms with Crippen molar-refractivity contribution in [3.8, 4) is 0 Å². The molecule has 0 saturated heterocycles. The van der Waals surface area contributed by atoms with Gasteiger partial charge >= 0.3 is 0 Å². The summed E-state index contributed by atoms with van der Waals surface area (Å²) >= 11 is 0. The van der Waals surface area contributed by atoms with Crippen LogP contribution in [0, 0.1) is 0 Å². The van der Waals surface area contributed by atoms with Crippen molar-refractivity contribution in [1.29, 1.82) is 0 Å². The summed E-state index contributed by atoms with van der Waals surface area (Å²) in [5.74, 6) is 0. The van der Waals surface area contributed by atoms with E-state index in [1.807, 2.05) is 0 Å². The molecule has 1 aromatic heterocycles. The standard InChI is InChI=1S/C68H72BN3O/c1-64(2,3)43-37-39-44(40-38-43)70(56-35-22-26-47-46-25-16-21-36-59(46)73-63(47)56)45-41-57-60-58(42-45)72(55-34-20-18-28-49(55)66(7,8)9)62-51(68(13,14)15)30-24-32-53(62)69(60)52-31-23-29-50(67(10,11)12)61(52)71(57)54-33-19-17-27-48(54)65(4,5)6/h16-42H,1-15H3. The summed E-state index contributed by atoms with van der Waals surface area (Å²) in [6.45, 7) is 35.2. The van der Waals surface area contributed by atoms with Crippen LogP contribution in [0.1, 0.15) is 132 Å². The SMILES string of the molecule is CC(C)(C)c1ccc(N(c2cc3c4c(c2)N(c2ccccc2C(C)(C)C)c2c(cccc2C(C)(C)C)B4c2cccc(C(C)(C)C)c2N3c2ccccc2C(C)(C)C)c2cccc3c2oc2ccccc23)cc1. The topological polar surface area (TPSA) is 22.9 Å². The predicted octanol–water partition coefficient (Wildman–Crippen LogP) is 17.6. The quantitative estimate of drug-likeness (QED) is 0.160. The van der Waals surface area contributed by atoms with Gasteiger partial charge in [0.2, 0.25) is 0 Å². The van der Waals surface area contributed by atoms with E-state index in [-0.39, 0.29) is 33.8 Å². The van der Waals surface area contributed by atoms with Gasteiger partial charge in [-0.3, -0.25) is 0 Å². The summed E-state index contributed by atoms with van der Waals surface area (Å²) in [6.07, 6.45) is 0. The molecule has 0 bridgehead atoms. The van der Waals surface area contributed by atoms with E-state index in [4.69, 9.17) is 4.42 Å². The van der Waals surface area contributed by atoms with Crippen LogP contribution in [0.3, 0.4) is 0 Å². The van der Waals surface area contributed by atoms with Gasteiger partial charge in [0.05, 0.1) is 11.4 Å². The van der Waals surface area contributed by atoms with Gasteiger partial charge in [0, 0.05) is 50.6 Å². The number of anilines is 9. The maximum atomic E-state index is 7.01. The van der Waals surface area contributed by atoms with Gasteiger partial charge < -0.3 is 19.1 Å². The van der Waals surface area contributed by atoms with Gasteiger partial charge in [-0.2, -0.15) is 0 Å². The molecular weight excluding hydrogens is 886 g/mol. The number of para-hydroxylation sites is 6. The lowest BCUT2D eigenvalue weighted by Gasteiger charge is -2.48. The summed E-state index contributed by atoms with van der Waals surface area (Å²) in [7, 11) is 0. The first-order valence-electron chi connectivity index (χ1n) is 26.5. The molecule has 2 aliphatic heterocycles. The minimum atomic E-state index is -0.182. The lowest BCUT2D eigenvalue weighted by Crippen LogP contribution is -2.62. The van der Waals surface area contributed by atoms with Crippen LogP contribution in [0.5, 0.6) is 0 Å². The Hall–Kier alpha value is -6.98. The molecule has 0 spiro atoms. The van der Waals surface area contributed by atoms with E-state index < -0.39 is 0 Å². The Morgan fingerprint density at radius 3 is 1.32 bits per heavy atom. The van der Waals surface area contributed by atoms with Crippen molar-refractivity contribution < 1.29 is 4.42 Å². The van der Waals surface area contributed by atoms with Crippen molar-refractivity contribution >= 4 is 96.2 Å². The third-order valence-electron chi connectivity index (χ3n) is 15.5. The largest absolute Gasteiger partial charge is 0.454 e. The van der Waals surface area contributed by atoms with Crippen LogP contribution in [-0.4, -0.2) is 6.71 Å². The third-order valence-corrected chi connectivity index (χ3v) is 15.5. The van der Waals surface area contributed by atoms with E-state index in [9.17, 15) is 0 Å². The molecule has 0 aliphatic carbocycles. The zero-order valence-corrected chi connectivity index (χ0v) is 45.9. The summed E-state index contributed by atoms with van der Waals surface area (Å²) in [5.41, 5.74) is 21.9. The van der Waals surface area contributed by atoms with Crippen molar-refractivity contribution in [3.05, 3.63) is 192 Å². The molecule has 0 saturated carbocycles. The van der Waals surface area contributed by atoms with Gasteiger partial charge in [-0.1, -0.05) is 219 Å². The summed E-state index contributed by atoms with van der Waals surface area (Å²) in [4.78, 5) is 7.82. The number of nitrogens with zero attached hydrogens (tertiary/aromatic N) is 3. The molecule has 0 fully saturated rings. The Kier molecular flexibility index (Phi) is 11.1. The normalized spacial score (nSPS) is 13.9. The lowest BCUT2D eigenvalue weighted by molar-refractivity contribution is 0.587. The highest BCUT2D eigenvalue weighted by molar-refractivity contribution is 7.00. The highest BCUT2D eigenvalue weighted by atomic mass is 16.3. The first-order chi connectivity index (χ1) is 34.4. The van der Waals surface area contributed by atoms with E-state index in [0.717, 1.165) is 39.0 Å². The molecule has 5 heteroatoms. The van der Waals surface area contributed by atoms with Gasteiger partial charge in [-0.05, 0) is 120 Å². The molecule has 0 atom stereocenters. The van der Waals surface area contributed by atoms with Gasteiger partial charge in [0.25, 0.3) is 6.71 Å². The maximum absolute atomic E-state index is 7.01. The fraction of sp³-hybridized carbons (Fsp3) is 0.294. The van der Waals surface area contributed by atoms with E-state index in [1.54, 1.807) is 0 Å². The third kappa shape index (κ3) is 7.97. The van der Waals surface area contributed by atoms with Gasteiger partial charge in [0.1, 0.15) is 5.58 Å². The fourth-order valence-electron chi connectivity index (χ4n) is 12.0. The van der Waals surface area contributed by atoms with Crippen LogP contribution in [0.15, 0.2) is 168 Å². The van der Waals surface area contributed by atoms with Crippen molar-refractivity contribution in [3.63, 3.8) is 0 Å². The molecule has 0 N–H and O–H groups in total. The van der Waals surface area contributed by atoms with Gasteiger partial charge in [0.15, 0.2) is 5.58 Å². The maximum Gasteiger partial charge on any atom is 0.252 e. The average molecular weight is 958 g/mol. The van der Waals surface area contributed by atoms with Gasteiger partial charge in [-0.25, -0.2) is 0 Å². The predicted molar refractivity (Wildman–Crippen MR) is 316 cm³/mol. The first-order valence-corrected chi connectivity index (χ1v) is 26.5. The molecule has 0 radical (unpaired) electrons. The van der Waals surface area contributed by atoms with Crippen LogP contribution >= 0.6 is 0 Å². The van der Waals surface area contributed by atoms with Crippen LogP contribution in [0.2, 0.25) is 0 Å². The van der Waals surface area contributed by atoms with Crippen molar-refractivity contribution in [2.24, 2.45) is 0 Å². The second kappa shape index (κ2) is 16.8. The molecule has 2 aliphatic rings. The zero-order valence-electron chi connectivity index (χ0n) is 45.9. The zero-order chi connectivity index (χ0) is 51.7. The monoisotopic (exact) mass is 958 g/mol. The minimum Gasteiger partial charge on any atom is -0.454 e. The number of benzene rings is 8. The minimum absolute atomic E-state index is 0.0225. The second-order valence-corrected chi connectivity index (χ2v) is 25.9. The Labute approximate surface area is 435 Å². The second-order valence-electron chi connectivity index (χ2n) is 25.9. The van der Waals surface area contributed by atoms with Crippen LogP contribution in [-0.2, 0) is 27.1 Å². The molecule has 9 aromatic rings. The fourth-order valence-corrected chi connectivity index (χ4v) is 12.0. The van der Waals surface area contributed by atoms with E-state index >= 15 is 0 Å². The summed E-state index contributed by atoms with van der Waals surface area (Å²) in [6, 6.07) is 62.0. The van der Waals surface area contributed by atoms with Crippen molar-refractivity contribution in [2.75, 3.05) is 14.7 Å². The van der Waals surface area contributed by atoms with E-state index in [1.165, 1.54) is 78.3 Å². The smallest absolute Gasteiger partial charge is 0.252 e. The molecule has 0 amide bonds.